The molecule has 2 rings (SSSR count). The third-order valence-corrected chi connectivity index (χ3v) is 6.56. The molecule has 1 nitrogen and oxygen atoms in total. The Kier molecular flexibility index (Phi) is 5.78. The van der Waals surface area contributed by atoms with Gasteiger partial charge in [0.05, 0.1) is 3.79 Å². The van der Waals surface area contributed by atoms with Gasteiger partial charge in [0.15, 0.2) is 0 Å². The highest BCUT2D eigenvalue weighted by Crippen LogP contribution is 2.36. The highest BCUT2D eigenvalue weighted by molar-refractivity contribution is 9.13. The maximum absolute atomic E-state index is 13.4. The van der Waals surface area contributed by atoms with Gasteiger partial charge in [-0.1, -0.05) is 13.0 Å². The summed E-state index contributed by atoms with van der Waals surface area (Å²) < 4.78 is 15.6. The first kappa shape index (κ1) is 16.1. The van der Waals surface area contributed by atoms with Crippen LogP contribution in [0.1, 0.15) is 29.0 Å². The minimum absolute atomic E-state index is 0.172. The van der Waals surface area contributed by atoms with Crippen molar-refractivity contribution in [3.8, 4) is 0 Å². The topological polar surface area (TPSA) is 12.0 Å². The van der Waals surface area contributed by atoms with Crippen LogP contribution in [-0.2, 0) is 6.42 Å². The molecule has 0 amide bonds. The van der Waals surface area contributed by atoms with Crippen LogP contribution in [0.15, 0.2) is 32.5 Å². The van der Waals surface area contributed by atoms with E-state index in [1.54, 1.807) is 17.4 Å². The van der Waals surface area contributed by atoms with Gasteiger partial charge in [-0.2, -0.15) is 0 Å². The zero-order valence-corrected chi connectivity index (χ0v) is 15.3. The molecule has 1 aromatic carbocycles. The van der Waals surface area contributed by atoms with Gasteiger partial charge in [0.1, 0.15) is 5.82 Å². The van der Waals surface area contributed by atoms with Crippen molar-refractivity contribution in [3.63, 3.8) is 0 Å². The molecule has 0 spiro atoms. The van der Waals surface area contributed by atoms with E-state index in [0.717, 1.165) is 32.4 Å². The Morgan fingerprint density at radius 1 is 1.30 bits per heavy atom. The van der Waals surface area contributed by atoms with Crippen LogP contribution in [0.4, 0.5) is 4.39 Å². The molecule has 5 heteroatoms. The van der Waals surface area contributed by atoms with Crippen molar-refractivity contribution >= 4 is 43.2 Å². The molecule has 1 N–H and O–H groups in total. The molecule has 108 valence electrons. The second-order valence-electron chi connectivity index (χ2n) is 4.66. The average Bonchev–Trinajstić information content (AvgIpc) is 2.73. The van der Waals surface area contributed by atoms with Crippen molar-refractivity contribution in [3.05, 3.63) is 54.3 Å². The molecule has 0 aliphatic carbocycles. The Bertz CT molecular complexity index is 578. The normalized spacial score (nSPS) is 12.7. The second-order valence-corrected chi connectivity index (χ2v) is 7.91. The van der Waals surface area contributed by atoms with Gasteiger partial charge < -0.3 is 5.32 Å². The molecule has 0 aliphatic heterocycles. The van der Waals surface area contributed by atoms with Gasteiger partial charge in [0.2, 0.25) is 0 Å². The fourth-order valence-corrected chi connectivity index (χ4v) is 4.30. The lowest BCUT2D eigenvalue weighted by atomic mass is 10.00. The second kappa shape index (κ2) is 7.16. The highest BCUT2D eigenvalue weighted by Gasteiger charge is 2.17. The molecule has 20 heavy (non-hydrogen) atoms. The summed E-state index contributed by atoms with van der Waals surface area (Å²) in [6.45, 7) is 4.99. The third kappa shape index (κ3) is 3.91. The van der Waals surface area contributed by atoms with Gasteiger partial charge >= 0.3 is 0 Å². The molecular formula is C15H16Br2FNS. The minimum Gasteiger partial charge on any atom is -0.309 e. The number of likely N-dealkylation sites (N-methyl/N-ethyl adjacent to an activating group) is 1. The van der Waals surface area contributed by atoms with Gasteiger partial charge in [-0.3, -0.25) is 0 Å². The SMILES string of the molecule is CCNC(Cc1cc(F)ccc1C)c1cc(Br)c(Br)s1. The van der Waals surface area contributed by atoms with Gasteiger partial charge in [-0.15, -0.1) is 11.3 Å². The first-order chi connectivity index (χ1) is 9.51. The zero-order chi connectivity index (χ0) is 14.7. The Morgan fingerprint density at radius 3 is 2.65 bits per heavy atom. The van der Waals surface area contributed by atoms with Crippen molar-refractivity contribution in [1.29, 1.82) is 0 Å². The molecule has 2 aromatic rings. The maximum atomic E-state index is 13.4. The van der Waals surface area contributed by atoms with Crippen molar-refractivity contribution in [2.45, 2.75) is 26.3 Å². The van der Waals surface area contributed by atoms with Gasteiger partial charge in [-0.05, 0) is 81.1 Å². The van der Waals surface area contributed by atoms with Crippen molar-refractivity contribution in [1.82, 2.24) is 5.32 Å². The summed E-state index contributed by atoms with van der Waals surface area (Å²) in [5.41, 5.74) is 2.18. The highest BCUT2D eigenvalue weighted by atomic mass is 79.9. The lowest BCUT2D eigenvalue weighted by Crippen LogP contribution is -2.22. The van der Waals surface area contributed by atoms with Crippen LogP contribution in [0.2, 0.25) is 0 Å². The van der Waals surface area contributed by atoms with E-state index in [-0.39, 0.29) is 11.9 Å². The summed E-state index contributed by atoms with van der Waals surface area (Å²) in [5, 5.41) is 3.48. The fraction of sp³-hybridized carbons (Fsp3) is 0.333. The van der Waals surface area contributed by atoms with E-state index in [0.29, 0.717) is 0 Å². The zero-order valence-electron chi connectivity index (χ0n) is 11.3. The van der Waals surface area contributed by atoms with E-state index in [1.807, 2.05) is 13.0 Å². The van der Waals surface area contributed by atoms with Gasteiger partial charge in [0, 0.05) is 15.4 Å². The van der Waals surface area contributed by atoms with E-state index in [9.17, 15) is 4.39 Å². The average molecular weight is 421 g/mol. The number of aryl methyl sites for hydroxylation is 1. The molecule has 0 saturated heterocycles. The molecule has 0 radical (unpaired) electrons. The maximum Gasteiger partial charge on any atom is 0.123 e. The number of rotatable bonds is 5. The van der Waals surface area contributed by atoms with Crippen LogP contribution in [0, 0.1) is 12.7 Å². The van der Waals surface area contributed by atoms with Crippen LogP contribution in [0.25, 0.3) is 0 Å². The Balaban J connectivity index is 2.27. The summed E-state index contributed by atoms with van der Waals surface area (Å²) in [5.74, 6) is -0.172. The van der Waals surface area contributed by atoms with Crippen molar-refractivity contribution in [2.24, 2.45) is 0 Å². The molecule has 0 saturated carbocycles. The molecule has 1 unspecified atom stereocenters. The Labute approximate surface area is 139 Å². The number of hydrogen-bond donors (Lipinski definition) is 1. The Morgan fingerprint density at radius 2 is 2.05 bits per heavy atom. The smallest absolute Gasteiger partial charge is 0.123 e. The number of halogens is 3. The molecule has 0 bridgehead atoms. The van der Waals surface area contributed by atoms with Crippen molar-refractivity contribution in [2.75, 3.05) is 6.54 Å². The summed E-state index contributed by atoms with van der Waals surface area (Å²) in [4.78, 5) is 1.24. The molecule has 0 fully saturated rings. The molecule has 1 atom stereocenters. The largest absolute Gasteiger partial charge is 0.309 e. The van der Waals surface area contributed by atoms with E-state index in [1.165, 1.54) is 10.9 Å². The monoisotopic (exact) mass is 419 g/mol. The quantitative estimate of drug-likeness (QED) is 0.662. The van der Waals surface area contributed by atoms with E-state index >= 15 is 0 Å². The molecule has 1 aromatic heterocycles. The van der Waals surface area contributed by atoms with E-state index in [2.05, 4.69) is 50.2 Å². The summed E-state index contributed by atoms with van der Waals surface area (Å²) in [7, 11) is 0. The lowest BCUT2D eigenvalue weighted by Gasteiger charge is -2.18. The van der Waals surface area contributed by atoms with Crippen LogP contribution >= 0.6 is 43.2 Å². The predicted molar refractivity (Wildman–Crippen MR) is 91.0 cm³/mol. The summed E-state index contributed by atoms with van der Waals surface area (Å²) in [6, 6.07) is 7.31. The predicted octanol–water partition coefficient (Wildman–Crippen LogP) is 5.61. The molecule has 0 aliphatic rings. The Hall–Kier alpha value is -0.230. The fourth-order valence-electron chi connectivity index (χ4n) is 2.13. The van der Waals surface area contributed by atoms with Gasteiger partial charge in [0.25, 0.3) is 0 Å². The van der Waals surface area contributed by atoms with Crippen LogP contribution in [0.3, 0.4) is 0 Å². The van der Waals surface area contributed by atoms with Crippen LogP contribution < -0.4 is 5.32 Å². The van der Waals surface area contributed by atoms with Crippen molar-refractivity contribution < 1.29 is 4.39 Å². The third-order valence-electron chi connectivity index (χ3n) is 3.19. The lowest BCUT2D eigenvalue weighted by molar-refractivity contribution is 0.553. The van der Waals surface area contributed by atoms with E-state index < -0.39 is 0 Å². The minimum atomic E-state index is -0.172. The standard InChI is InChI=1S/C15H16Br2FNS/c1-3-19-13(14-8-12(16)15(17)20-14)7-10-6-11(18)5-4-9(10)2/h4-6,8,13,19H,3,7H2,1-2H3. The summed E-state index contributed by atoms with van der Waals surface area (Å²) >= 11 is 8.76. The molecular weight excluding hydrogens is 405 g/mol. The number of nitrogens with one attached hydrogen (secondary N) is 1. The first-order valence-electron chi connectivity index (χ1n) is 6.44. The van der Waals surface area contributed by atoms with Crippen LogP contribution in [0.5, 0.6) is 0 Å². The van der Waals surface area contributed by atoms with E-state index in [4.69, 9.17) is 0 Å². The van der Waals surface area contributed by atoms with Crippen LogP contribution in [-0.4, -0.2) is 6.54 Å². The number of benzene rings is 1. The molecule has 1 heterocycles. The number of hydrogen-bond acceptors (Lipinski definition) is 2. The summed E-state index contributed by atoms with van der Waals surface area (Å²) in [6.07, 6.45) is 0.789. The number of thiophene rings is 1. The first-order valence-corrected chi connectivity index (χ1v) is 8.84. The van der Waals surface area contributed by atoms with Gasteiger partial charge in [-0.25, -0.2) is 4.39 Å².